The first-order chi connectivity index (χ1) is 8.61. The lowest BCUT2D eigenvalue weighted by Crippen LogP contribution is -2.37. The van der Waals surface area contributed by atoms with Gasteiger partial charge in [-0.2, -0.15) is 0 Å². The smallest absolute Gasteiger partial charge is 0.251 e. The molecule has 1 amide bonds. The van der Waals surface area contributed by atoms with Gasteiger partial charge in [-0.05, 0) is 42.9 Å². The molecule has 1 fully saturated rings. The maximum atomic E-state index is 12.1. The van der Waals surface area contributed by atoms with Crippen LogP contribution >= 0.6 is 12.6 Å². The fraction of sp³-hybridized carbons (Fsp3) is 0.533. The third-order valence-corrected chi connectivity index (χ3v) is 4.45. The third kappa shape index (κ3) is 2.89. The quantitative estimate of drug-likeness (QED) is 0.803. The molecule has 3 heteroatoms. The molecule has 0 aliphatic heterocycles. The Bertz CT molecular complexity index is 432. The van der Waals surface area contributed by atoms with Gasteiger partial charge in [0.1, 0.15) is 0 Å². The van der Waals surface area contributed by atoms with Gasteiger partial charge in [-0.25, -0.2) is 0 Å². The van der Waals surface area contributed by atoms with Crippen molar-refractivity contribution in [2.45, 2.75) is 44.0 Å². The van der Waals surface area contributed by atoms with E-state index in [-0.39, 0.29) is 5.91 Å². The minimum atomic E-state index is 0.0273. The summed E-state index contributed by atoms with van der Waals surface area (Å²) in [5.41, 5.74) is 0.703. The molecule has 18 heavy (non-hydrogen) atoms. The number of carbonyl (C=O) groups excluding carboxylic acids is 1. The molecule has 0 saturated heterocycles. The van der Waals surface area contributed by atoms with Gasteiger partial charge in [0.15, 0.2) is 0 Å². The lowest BCUT2D eigenvalue weighted by atomic mass is 9.93. The van der Waals surface area contributed by atoms with Gasteiger partial charge in [0.2, 0.25) is 0 Å². The van der Waals surface area contributed by atoms with E-state index in [1.54, 1.807) is 0 Å². The number of carbonyl (C=O) groups is 1. The molecule has 1 aromatic carbocycles. The van der Waals surface area contributed by atoms with Gasteiger partial charge in [0, 0.05) is 16.5 Å². The molecular weight excluding hydrogens is 242 g/mol. The van der Waals surface area contributed by atoms with Crippen molar-refractivity contribution < 1.29 is 4.79 Å². The fourth-order valence-electron chi connectivity index (χ4n) is 2.93. The van der Waals surface area contributed by atoms with E-state index in [1.807, 2.05) is 24.3 Å². The number of amides is 1. The summed E-state index contributed by atoms with van der Waals surface area (Å²) >= 11 is 4.26. The molecule has 1 N–H and O–H groups in total. The second-order valence-electron chi connectivity index (χ2n) is 5.24. The second-order valence-corrected chi connectivity index (χ2v) is 5.75. The Morgan fingerprint density at radius 3 is 2.83 bits per heavy atom. The largest absolute Gasteiger partial charge is 0.349 e. The Labute approximate surface area is 115 Å². The molecule has 0 bridgehead atoms. The van der Waals surface area contributed by atoms with Crippen LogP contribution in [0.15, 0.2) is 29.2 Å². The molecule has 0 spiro atoms. The highest BCUT2D eigenvalue weighted by atomic mass is 32.1. The van der Waals surface area contributed by atoms with E-state index in [1.165, 1.54) is 12.8 Å². The summed E-state index contributed by atoms with van der Waals surface area (Å²) in [4.78, 5) is 13.0. The SMILES string of the molecule is CCC1CCC(NC(=O)c2cccc(S)c2)C1C. The average molecular weight is 263 g/mol. The van der Waals surface area contributed by atoms with Crippen LogP contribution in [0.3, 0.4) is 0 Å². The normalized spacial score (nSPS) is 27.2. The highest BCUT2D eigenvalue weighted by molar-refractivity contribution is 7.80. The zero-order valence-electron chi connectivity index (χ0n) is 11.0. The highest BCUT2D eigenvalue weighted by Gasteiger charge is 2.32. The van der Waals surface area contributed by atoms with Gasteiger partial charge in [-0.3, -0.25) is 4.79 Å². The van der Waals surface area contributed by atoms with Crippen molar-refractivity contribution in [1.82, 2.24) is 5.32 Å². The van der Waals surface area contributed by atoms with Crippen LogP contribution in [0, 0.1) is 11.8 Å². The van der Waals surface area contributed by atoms with Crippen molar-refractivity contribution in [1.29, 1.82) is 0 Å². The van der Waals surface area contributed by atoms with Crippen molar-refractivity contribution >= 4 is 18.5 Å². The van der Waals surface area contributed by atoms with E-state index < -0.39 is 0 Å². The van der Waals surface area contributed by atoms with Crippen molar-refractivity contribution in [3.8, 4) is 0 Å². The van der Waals surface area contributed by atoms with Crippen LogP contribution in [0.2, 0.25) is 0 Å². The van der Waals surface area contributed by atoms with E-state index in [9.17, 15) is 4.79 Å². The van der Waals surface area contributed by atoms with Crippen molar-refractivity contribution in [2.75, 3.05) is 0 Å². The number of nitrogens with one attached hydrogen (secondary N) is 1. The van der Waals surface area contributed by atoms with E-state index in [0.717, 1.165) is 17.2 Å². The number of thiol groups is 1. The van der Waals surface area contributed by atoms with Crippen LogP contribution < -0.4 is 5.32 Å². The highest BCUT2D eigenvalue weighted by Crippen LogP contribution is 2.33. The Kier molecular flexibility index (Phi) is 4.33. The molecule has 1 aliphatic carbocycles. The monoisotopic (exact) mass is 263 g/mol. The standard InChI is InChI=1S/C15H21NOS/c1-3-11-7-8-14(10(11)2)16-15(17)12-5-4-6-13(18)9-12/h4-6,9-11,14,18H,3,7-8H2,1-2H3,(H,16,17). The topological polar surface area (TPSA) is 29.1 Å². The van der Waals surface area contributed by atoms with Gasteiger partial charge in [-0.15, -0.1) is 12.6 Å². The molecular formula is C15H21NOS. The summed E-state index contributed by atoms with van der Waals surface area (Å²) in [7, 11) is 0. The van der Waals surface area contributed by atoms with E-state index in [4.69, 9.17) is 0 Å². The first-order valence-corrected chi connectivity index (χ1v) is 7.16. The van der Waals surface area contributed by atoms with Crippen LogP contribution in [-0.4, -0.2) is 11.9 Å². The van der Waals surface area contributed by atoms with Gasteiger partial charge >= 0.3 is 0 Å². The first kappa shape index (κ1) is 13.5. The van der Waals surface area contributed by atoms with E-state index >= 15 is 0 Å². The summed E-state index contributed by atoms with van der Waals surface area (Å²) in [5, 5.41) is 3.16. The van der Waals surface area contributed by atoms with Crippen LogP contribution in [0.1, 0.15) is 43.5 Å². The van der Waals surface area contributed by atoms with E-state index in [0.29, 0.717) is 17.5 Å². The van der Waals surface area contributed by atoms with Gasteiger partial charge in [-0.1, -0.05) is 26.3 Å². The summed E-state index contributed by atoms with van der Waals surface area (Å²) < 4.78 is 0. The zero-order chi connectivity index (χ0) is 13.1. The lowest BCUT2D eigenvalue weighted by Gasteiger charge is -2.21. The molecule has 1 aromatic rings. The molecule has 0 aromatic heterocycles. The maximum Gasteiger partial charge on any atom is 0.251 e. The molecule has 2 nitrogen and oxygen atoms in total. The Hall–Kier alpha value is -0.960. The summed E-state index contributed by atoms with van der Waals surface area (Å²) in [6.45, 7) is 4.48. The van der Waals surface area contributed by atoms with Gasteiger partial charge < -0.3 is 5.32 Å². The Morgan fingerprint density at radius 1 is 1.44 bits per heavy atom. The zero-order valence-corrected chi connectivity index (χ0v) is 11.9. The van der Waals surface area contributed by atoms with Gasteiger partial charge in [0.25, 0.3) is 5.91 Å². The van der Waals surface area contributed by atoms with Gasteiger partial charge in [0.05, 0.1) is 0 Å². The summed E-state index contributed by atoms with van der Waals surface area (Å²) in [6.07, 6.45) is 3.54. The molecule has 3 unspecified atom stereocenters. The molecule has 3 atom stereocenters. The number of hydrogen-bond acceptors (Lipinski definition) is 2. The molecule has 1 aliphatic rings. The van der Waals surface area contributed by atoms with Crippen LogP contribution in [-0.2, 0) is 0 Å². The summed E-state index contributed by atoms with van der Waals surface area (Å²) in [6, 6.07) is 7.72. The van der Waals surface area contributed by atoms with E-state index in [2.05, 4.69) is 31.8 Å². The minimum Gasteiger partial charge on any atom is -0.349 e. The van der Waals surface area contributed by atoms with Crippen LogP contribution in [0.25, 0.3) is 0 Å². The molecule has 0 radical (unpaired) electrons. The molecule has 1 saturated carbocycles. The lowest BCUT2D eigenvalue weighted by molar-refractivity contribution is 0.0926. The number of rotatable bonds is 3. The average Bonchev–Trinajstić information content (AvgIpc) is 2.70. The first-order valence-electron chi connectivity index (χ1n) is 6.71. The molecule has 2 rings (SSSR count). The third-order valence-electron chi connectivity index (χ3n) is 4.18. The maximum absolute atomic E-state index is 12.1. The fourth-order valence-corrected chi connectivity index (χ4v) is 3.15. The van der Waals surface area contributed by atoms with Crippen molar-refractivity contribution in [3.63, 3.8) is 0 Å². The Morgan fingerprint density at radius 2 is 2.22 bits per heavy atom. The molecule has 0 heterocycles. The summed E-state index contributed by atoms with van der Waals surface area (Å²) in [5.74, 6) is 1.36. The van der Waals surface area contributed by atoms with Crippen molar-refractivity contribution in [2.24, 2.45) is 11.8 Å². The number of hydrogen-bond donors (Lipinski definition) is 2. The molecule has 98 valence electrons. The predicted molar refractivity (Wildman–Crippen MR) is 77.1 cm³/mol. The van der Waals surface area contributed by atoms with Crippen LogP contribution in [0.4, 0.5) is 0 Å². The van der Waals surface area contributed by atoms with Crippen LogP contribution in [0.5, 0.6) is 0 Å². The second kappa shape index (κ2) is 5.79. The minimum absolute atomic E-state index is 0.0273. The Balaban J connectivity index is 2.00. The number of benzene rings is 1. The van der Waals surface area contributed by atoms with Crippen molar-refractivity contribution in [3.05, 3.63) is 29.8 Å². The predicted octanol–water partition coefficient (Wildman–Crippen LogP) is 3.53.